The maximum atomic E-state index is 13.3. The molecule has 1 aromatic carbocycles. The Bertz CT molecular complexity index is 688. The molecule has 1 N–H and O–H groups in total. The summed E-state index contributed by atoms with van der Waals surface area (Å²) in [4.78, 5) is 14.8. The predicted octanol–water partition coefficient (Wildman–Crippen LogP) is 2.44. The molecule has 0 radical (unpaired) electrons. The van der Waals surface area contributed by atoms with E-state index < -0.39 is 0 Å². The fourth-order valence-corrected chi connectivity index (χ4v) is 3.40. The number of aromatic nitrogens is 2. The Morgan fingerprint density at radius 3 is 3.08 bits per heavy atom. The van der Waals surface area contributed by atoms with Crippen molar-refractivity contribution in [3.05, 3.63) is 54.1 Å². The van der Waals surface area contributed by atoms with Crippen LogP contribution in [0.3, 0.4) is 0 Å². The van der Waals surface area contributed by atoms with Crippen molar-refractivity contribution in [2.24, 2.45) is 5.92 Å². The second kappa shape index (κ2) is 8.25. The average molecular weight is 344 g/mol. The zero-order chi connectivity index (χ0) is 17.6. The molecule has 0 aliphatic carbocycles. The lowest BCUT2D eigenvalue weighted by Gasteiger charge is -2.32. The standard InChI is InChI=1S/C19H25FN4O/c1-15(12-24-10-4-8-21-24)22-19(25)17-6-3-9-23(14-17)13-16-5-2-7-18(20)11-16/h2,4-5,7-8,10-11,15,17H,3,6,9,12-14H2,1H3,(H,22,25)/t15-,17-/m0/s1. The summed E-state index contributed by atoms with van der Waals surface area (Å²) in [5.74, 6) is -0.123. The summed E-state index contributed by atoms with van der Waals surface area (Å²) in [6.07, 6.45) is 5.52. The van der Waals surface area contributed by atoms with Gasteiger partial charge in [-0.1, -0.05) is 12.1 Å². The van der Waals surface area contributed by atoms with Crippen LogP contribution in [-0.2, 0) is 17.9 Å². The number of benzene rings is 1. The smallest absolute Gasteiger partial charge is 0.224 e. The molecular weight excluding hydrogens is 319 g/mol. The molecule has 1 aromatic heterocycles. The van der Waals surface area contributed by atoms with Gasteiger partial charge < -0.3 is 5.32 Å². The lowest BCUT2D eigenvalue weighted by molar-refractivity contribution is -0.127. The van der Waals surface area contributed by atoms with Gasteiger partial charge in [-0.25, -0.2) is 4.39 Å². The van der Waals surface area contributed by atoms with E-state index in [-0.39, 0.29) is 23.7 Å². The average Bonchev–Trinajstić information content (AvgIpc) is 3.08. The molecule has 1 aliphatic rings. The van der Waals surface area contributed by atoms with E-state index in [1.807, 2.05) is 29.9 Å². The summed E-state index contributed by atoms with van der Waals surface area (Å²) in [6.45, 7) is 5.01. The quantitative estimate of drug-likeness (QED) is 0.876. The minimum Gasteiger partial charge on any atom is -0.352 e. The zero-order valence-electron chi connectivity index (χ0n) is 14.6. The van der Waals surface area contributed by atoms with Crippen LogP contribution in [-0.4, -0.2) is 39.7 Å². The van der Waals surface area contributed by atoms with E-state index in [1.54, 1.807) is 18.3 Å². The Morgan fingerprint density at radius 2 is 2.32 bits per heavy atom. The number of nitrogens with zero attached hydrogens (tertiary/aromatic N) is 3. The third-order valence-electron chi connectivity index (χ3n) is 4.58. The molecule has 134 valence electrons. The van der Waals surface area contributed by atoms with Gasteiger partial charge in [-0.2, -0.15) is 5.10 Å². The number of nitrogens with one attached hydrogen (secondary N) is 1. The molecule has 0 saturated carbocycles. The van der Waals surface area contributed by atoms with Gasteiger partial charge in [0, 0.05) is 31.5 Å². The summed E-state index contributed by atoms with van der Waals surface area (Å²) in [5.41, 5.74) is 0.952. The normalized spacial score (nSPS) is 19.5. The SMILES string of the molecule is C[C@@H](Cn1cccn1)NC(=O)[C@H]1CCCN(Cc2cccc(F)c2)C1. The number of hydrogen-bond donors (Lipinski definition) is 1. The van der Waals surface area contributed by atoms with Crippen LogP contribution in [0.2, 0.25) is 0 Å². The first-order valence-corrected chi connectivity index (χ1v) is 8.85. The topological polar surface area (TPSA) is 50.2 Å². The summed E-state index contributed by atoms with van der Waals surface area (Å²) in [6, 6.07) is 8.59. The largest absolute Gasteiger partial charge is 0.352 e. The lowest BCUT2D eigenvalue weighted by atomic mass is 9.96. The highest BCUT2D eigenvalue weighted by Gasteiger charge is 2.26. The Morgan fingerprint density at radius 1 is 1.44 bits per heavy atom. The van der Waals surface area contributed by atoms with E-state index in [0.29, 0.717) is 13.1 Å². The molecule has 5 nitrogen and oxygen atoms in total. The zero-order valence-corrected chi connectivity index (χ0v) is 14.6. The molecule has 6 heteroatoms. The van der Waals surface area contributed by atoms with Gasteiger partial charge in [0.15, 0.2) is 0 Å². The van der Waals surface area contributed by atoms with Gasteiger partial charge in [0.1, 0.15) is 5.82 Å². The Labute approximate surface area is 147 Å². The molecule has 1 fully saturated rings. The maximum absolute atomic E-state index is 13.3. The molecule has 0 bridgehead atoms. The molecule has 3 rings (SSSR count). The van der Waals surface area contributed by atoms with Crippen molar-refractivity contribution < 1.29 is 9.18 Å². The third kappa shape index (κ3) is 5.13. The molecule has 1 saturated heterocycles. The van der Waals surface area contributed by atoms with E-state index in [2.05, 4.69) is 15.3 Å². The van der Waals surface area contributed by atoms with Crippen LogP contribution in [0.5, 0.6) is 0 Å². The molecule has 2 aromatic rings. The summed E-state index contributed by atoms with van der Waals surface area (Å²) in [7, 11) is 0. The summed E-state index contributed by atoms with van der Waals surface area (Å²) >= 11 is 0. The van der Waals surface area contributed by atoms with Crippen molar-refractivity contribution in [3.8, 4) is 0 Å². The molecule has 25 heavy (non-hydrogen) atoms. The molecule has 0 unspecified atom stereocenters. The first-order valence-electron chi connectivity index (χ1n) is 8.85. The minimum atomic E-state index is -0.212. The highest BCUT2D eigenvalue weighted by molar-refractivity contribution is 5.79. The van der Waals surface area contributed by atoms with E-state index >= 15 is 0 Å². The van der Waals surface area contributed by atoms with Gasteiger partial charge in [-0.15, -0.1) is 0 Å². The van der Waals surface area contributed by atoms with Gasteiger partial charge >= 0.3 is 0 Å². The fourth-order valence-electron chi connectivity index (χ4n) is 3.40. The third-order valence-corrected chi connectivity index (χ3v) is 4.58. The summed E-state index contributed by atoms with van der Waals surface area (Å²) in [5, 5.41) is 7.26. The minimum absolute atomic E-state index is 0.0117. The van der Waals surface area contributed by atoms with E-state index in [0.717, 1.165) is 31.5 Å². The monoisotopic (exact) mass is 344 g/mol. The van der Waals surface area contributed by atoms with Crippen molar-refractivity contribution in [3.63, 3.8) is 0 Å². The van der Waals surface area contributed by atoms with Crippen molar-refractivity contribution in [2.45, 2.75) is 38.9 Å². The van der Waals surface area contributed by atoms with Crippen molar-refractivity contribution in [2.75, 3.05) is 13.1 Å². The molecule has 0 spiro atoms. The van der Waals surface area contributed by atoms with Crippen molar-refractivity contribution in [1.82, 2.24) is 20.0 Å². The highest BCUT2D eigenvalue weighted by Crippen LogP contribution is 2.19. The molecule has 2 atom stereocenters. The van der Waals surface area contributed by atoms with E-state index in [1.165, 1.54) is 6.07 Å². The van der Waals surface area contributed by atoms with Gasteiger partial charge in [0.2, 0.25) is 5.91 Å². The molecule has 2 heterocycles. The van der Waals surface area contributed by atoms with Crippen LogP contribution in [0.25, 0.3) is 0 Å². The van der Waals surface area contributed by atoms with Crippen LogP contribution < -0.4 is 5.32 Å². The van der Waals surface area contributed by atoms with Gasteiger partial charge in [-0.05, 0) is 50.1 Å². The van der Waals surface area contributed by atoms with E-state index in [9.17, 15) is 9.18 Å². The number of hydrogen-bond acceptors (Lipinski definition) is 3. The van der Waals surface area contributed by atoms with Gasteiger partial charge in [-0.3, -0.25) is 14.4 Å². The maximum Gasteiger partial charge on any atom is 0.224 e. The van der Waals surface area contributed by atoms with Crippen LogP contribution in [0.4, 0.5) is 4.39 Å². The number of piperidine rings is 1. The second-order valence-corrected chi connectivity index (χ2v) is 6.84. The second-order valence-electron chi connectivity index (χ2n) is 6.84. The van der Waals surface area contributed by atoms with Crippen LogP contribution in [0.15, 0.2) is 42.7 Å². The van der Waals surface area contributed by atoms with Crippen molar-refractivity contribution >= 4 is 5.91 Å². The van der Waals surface area contributed by atoms with Gasteiger partial charge in [0.05, 0.1) is 12.5 Å². The van der Waals surface area contributed by atoms with Crippen LogP contribution >= 0.6 is 0 Å². The fraction of sp³-hybridized carbons (Fsp3) is 0.474. The number of amides is 1. The van der Waals surface area contributed by atoms with Crippen LogP contribution in [0.1, 0.15) is 25.3 Å². The van der Waals surface area contributed by atoms with Crippen LogP contribution in [0, 0.1) is 11.7 Å². The van der Waals surface area contributed by atoms with Gasteiger partial charge in [0.25, 0.3) is 0 Å². The predicted molar refractivity (Wildman–Crippen MR) is 94.2 cm³/mol. The number of carbonyl (C=O) groups excluding carboxylic acids is 1. The molecule has 1 aliphatic heterocycles. The number of carbonyl (C=O) groups is 1. The molecular formula is C19H25FN4O. The highest BCUT2D eigenvalue weighted by atomic mass is 19.1. The summed E-state index contributed by atoms with van der Waals surface area (Å²) < 4.78 is 15.2. The number of likely N-dealkylation sites (tertiary alicyclic amines) is 1. The van der Waals surface area contributed by atoms with Crippen molar-refractivity contribution in [1.29, 1.82) is 0 Å². The number of halogens is 1. The Kier molecular flexibility index (Phi) is 5.81. The number of rotatable bonds is 6. The lowest BCUT2D eigenvalue weighted by Crippen LogP contribution is -2.46. The Balaban J connectivity index is 1.50. The molecule has 1 amide bonds. The first-order chi connectivity index (χ1) is 12.1. The van der Waals surface area contributed by atoms with E-state index in [4.69, 9.17) is 0 Å². The first kappa shape index (κ1) is 17.6. The Hall–Kier alpha value is -2.21.